The summed E-state index contributed by atoms with van der Waals surface area (Å²) in [7, 11) is 0. The van der Waals surface area contributed by atoms with Crippen LogP contribution in [0.1, 0.15) is 0 Å². The molecule has 4 rings (SSSR count). The van der Waals surface area contributed by atoms with Gasteiger partial charge >= 0.3 is 0 Å². The highest BCUT2D eigenvalue weighted by molar-refractivity contribution is 6.31. The third kappa shape index (κ3) is 2.58. The van der Waals surface area contributed by atoms with Gasteiger partial charge in [0.1, 0.15) is 11.3 Å². The Balaban J connectivity index is 0.000000117. The van der Waals surface area contributed by atoms with Crippen LogP contribution < -0.4 is 0 Å². The summed E-state index contributed by atoms with van der Waals surface area (Å²) >= 11 is 5.70. The molecule has 5 heteroatoms. The van der Waals surface area contributed by atoms with Crippen LogP contribution in [0.15, 0.2) is 55.1 Å². The van der Waals surface area contributed by atoms with Crippen LogP contribution >= 0.6 is 11.6 Å². The minimum atomic E-state index is 0.673. The number of aromatic nitrogens is 4. The average molecular weight is 271 g/mol. The van der Waals surface area contributed by atoms with E-state index in [9.17, 15) is 0 Å². The molecule has 0 aliphatic rings. The molecule has 0 aromatic carbocycles. The Bertz CT molecular complexity index is 773. The summed E-state index contributed by atoms with van der Waals surface area (Å²) in [6.45, 7) is 0. The summed E-state index contributed by atoms with van der Waals surface area (Å²) in [5, 5.41) is 2.89. The van der Waals surface area contributed by atoms with Crippen molar-refractivity contribution in [3.05, 3.63) is 60.1 Å². The molecule has 0 amide bonds. The fourth-order valence-corrected chi connectivity index (χ4v) is 1.96. The zero-order chi connectivity index (χ0) is 13.1. The maximum atomic E-state index is 5.70. The Morgan fingerprint density at radius 2 is 1.63 bits per heavy atom. The van der Waals surface area contributed by atoms with Gasteiger partial charge in [-0.1, -0.05) is 11.6 Å². The van der Waals surface area contributed by atoms with E-state index in [0.717, 1.165) is 22.1 Å². The van der Waals surface area contributed by atoms with Crippen LogP contribution in [0.3, 0.4) is 0 Å². The third-order valence-electron chi connectivity index (χ3n) is 2.69. The summed E-state index contributed by atoms with van der Waals surface area (Å²) in [4.78, 5) is 14.1. The Labute approximate surface area is 114 Å². The number of nitrogens with one attached hydrogen (secondary N) is 2. The molecule has 4 heterocycles. The van der Waals surface area contributed by atoms with Crippen molar-refractivity contribution < 1.29 is 0 Å². The van der Waals surface area contributed by atoms with Crippen LogP contribution in [-0.2, 0) is 0 Å². The lowest BCUT2D eigenvalue weighted by Gasteiger charge is -1.87. The van der Waals surface area contributed by atoms with Crippen molar-refractivity contribution in [2.45, 2.75) is 0 Å². The molecule has 94 valence electrons. The Kier molecular flexibility index (Phi) is 3.16. The first kappa shape index (κ1) is 11.7. The molecule has 0 aliphatic carbocycles. The van der Waals surface area contributed by atoms with Crippen molar-refractivity contribution in [1.29, 1.82) is 0 Å². The van der Waals surface area contributed by atoms with Gasteiger partial charge in [0.25, 0.3) is 0 Å². The van der Waals surface area contributed by atoms with E-state index in [1.54, 1.807) is 12.4 Å². The molecule has 0 fully saturated rings. The predicted octanol–water partition coefficient (Wildman–Crippen LogP) is 3.78. The zero-order valence-corrected chi connectivity index (χ0v) is 10.7. The van der Waals surface area contributed by atoms with Gasteiger partial charge in [-0.2, -0.15) is 0 Å². The normalized spacial score (nSPS) is 10.4. The SMILES string of the molecule is Clc1cnc2[nH]ccc2c1.c1cnc2[nH]ccc2c1. The Morgan fingerprint density at radius 1 is 0.895 bits per heavy atom. The van der Waals surface area contributed by atoms with E-state index < -0.39 is 0 Å². The van der Waals surface area contributed by atoms with Crippen molar-refractivity contribution in [1.82, 2.24) is 19.9 Å². The first-order valence-electron chi connectivity index (χ1n) is 5.80. The van der Waals surface area contributed by atoms with E-state index in [0.29, 0.717) is 5.02 Å². The van der Waals surface area contributed by atoms with E-state index in [1.807, 2.05) is 42.7 Å². The second-order valence-corrected chi connectivity index (χ2v) is 4.42. The molecule has 0 spiro atoms. The van der Waals surface area contributed by atoms with Crippen LogP contribution in [0.4, 0.5) is 0 Å². The fraction of sp³-hybridized carbons (Fsp3) is 0. The fourth-order valence-electron chi connectivity index (χ4n) is 1.80. The van der Waals surface area contributed by atoms with Crippen molar-refractivity contribution in [2.24, 2.45) is 0 Å². The quantitative estimate of drug-likeness (QED) is 0.511. The van der Waals surface area contributed by atoms with Crippen molar-refractivity contribution in [3.8, 4) is 0 Å². The van der Waals surface area contributed by atoms with Gasteiger partial charge in [0.15, 0.2) is 0 Å². The number of H-pyrrole nitrogens is 2. The van der Waals surface area contributed by atoms with Crippen LogP contribution in [0, 0.1) is 0 Å². The first-order chi connectivity index (χ1) is 9.33. The maximum Gasteiger partial charge on any atom is 0.137 e. The van der Waals surface area contributed by atoms with E-state index in [1.165, 1.54) is 0 Å². The predicted molar refractivity (Wildman–Crippen MR) is 77.2 cm³/mol. The Morgan fingerprint density at radius 3 is 2.42 bits per heavy atom. The number of pyridine rings is 2. The third-order valence-corrected chi connectivity index (χ3v) is 2.90. The maximum absolute atomic E-state index is 5.70. The highest BCUT2D eigenvalue weighted by Crippen LogP contribution is 2.14. The van der Waals surface area contributed by atoms with E-state index in [4.69, 9.17) is 11.6 Å². The second kappa shape index (κ2) is 5.12. The van der Waals surface area contributed by atoms with Gasteiger partial charge in [-0.15, -0.1) is 0 Å². The molecule has 0 aliphatic heterocycles. The lowest BCUT2D eigenvalue weighted by atomic mass is 10.3. The summed E-state index contributed by atoms with van der Waals surface area (Å²) in [6, 6.07) is 9.77. The van der Waals surface area contributed by atoms with Gasteiger partial charge in [-0.05, 0) is 30.3 Å². The Hall–Kier alpha value is -2.33. The number of aromatic amines is 2. The van der Waals surface area contributed by atoms with Gasteiger partial charge in [-0.3, -0.25) is 0 Å². The number of halogens is 1. The minimum absolute atomic E-state index is 0.673. The minimum Gasteiger partial charge on any atom is -0.346 e. The molecular formula is C14H11ClN4. The molecule has 0 bridgehead atoms. The molecule has 2 N–H and O–H groups in total. The average Bonchev–Trinajstić information content (AvgIpc) is 3.07. The monoisotopic (exact) mass is 270 g/mol. The van der Waals surface area contributed by atoms with E-state index in [-0.39, 0.29) is 0 Å². The lowest BCUT2D eigenvalue weighted by Crippen LogP contribution is -1.73. The van der Waals surface area contributed by atoms with Crippen LogP contribution in [0.5, 0.6) is 0 Å². The van der Waals surface area contributed by atoms with Crippen molar-refractivity contribution >= 4 is 33.7 Å². The number of nitrogens with zero attached hydrogens (tertiary/aromatic N) is 2. The molecular weight excluding hydrogens is 260 g/mol. The summed E-state index contributed by atoms with van der Waals surface area (Å²) in [5.41, 5.74) is 1.84. The molecule has 4 nitrogen and oxygen atoms in total. The molecule has 4 aromatic heterocycles. The number of fused-ring (bicyclic) bond motifs is 2. The van der Waals surface area contributed by atoms with Crippen LogP contribution in [-0.4, -0.2) is 19.9 Å². The number of rotatable bonds is 0. The molecule has 0 unspecified atom stereocenters. The number of hydrogen-bond donors (Lipinski definition) is 2. The molecule has 4 aromatic rings. The molecule has 0 radical (unpaired) electrons. The summed E-state index contributed by atoms with van der Waals surface area (Å²) in [5.74, 6) is 0. The second-order valence-electron chi connectivity index (χ2n) is 3.99. The largest absolute Gasteiger partial charge is 0.346 e. The van der Waals surface area contributed by atoms with Gasteiger partial charge in [0.2, 0.25) is 0 Å². The summed E-state index contributed by atoms with van der Waals surface area (Å²) in [6.07, 6.45) is 7.13. The lowest BCUT2D eigenvalue weighted by molar-refractivity contribution is 1.33. The molecule has 0 atom stereocenters. The smallest absolute Gasteiger partial charge is 0.137 e. The van der Waals surface area contributed by atoms with Gasteiger partial charge in [0, 0.05) is 35.6 Å². The zero-order valence-electron chi connectivity index (χ0n) is 9.97. The van der Waals surface area contributed by atoms with Gasteiger partial charge in [0.05, 0.1) is 5.02 Å². The van der Waals surface area contributed by atoms with E-state index in [2.05, 4.69) is 19.9 Å². The molecule has 0 saturated heterocycles. The van der Waals surface area contributed by atoms with Gasteiger partial charge in [-0.25, -0.2) is 9.97 Å². The molecule has 19 heavy (non-hydrogen) atoms. The van der Waals surface area contributed by atoms with Crippen molar-refractivity contribution in [3.63, 3.8) is 0 Å². The highest BCUT2D eigenvalue weighted by atomic mass is 35.5. The standard InChI is InChI=1S/C7H5ClN2.C7H6N2/c8-6-3-5-1-2-9-7(5)10-4-6;1-2-6-3-5-9-7(6)8-4-1/h1-4H,(H,9,10);1-5H,(H,8,9). The van der Waals surface area contributed by atoms with Crippen LogP contribution in [0.25, 0.3) is 22.1 Å². The highest BCUT2D eigenvalue weighted by Gasteiger charge is 1.94. The van der Waals surface area contributed by atoms with E-state index >= 15 is 0 Å². The molecule has 0 saturated carbocycles. The van der Waals surface area contributed by atoms with Crippen molar-refractivity contribution in [2.75, 3.05) is 0 Å². The first-order valence-corrected chi connectivity index (χ1v) is 6.17. The number of hydrogen-bond acceptors (Lipinski definition) is 2. The topological polar surface area (TPSA) is 57.4 Å². The van der Waals surface area contributed by atoms with Crippen LogP contribution in [0.2, 0.25) is 5.02 Å². The van der Waals surface area contributed by atoms with Gasteiger partial charge < -0.3 is 9.97 Å². The summed E-state index contributed by atoms with van der Waals surface area (Å²) < 4.78 is 0.